The lowest BCUT2D eigenvalue weighted by molar-refractivity contribution is -0.0712. The second-order valence-electron chi connectivity index (χ2n) is 6.55. The molecule has 2 rings (SSSR count). The highest BCUT2D eigenvalue weighted by Crippen LogP contribution is 2.43. The van der Waals surface area contributed by atoms with Crippen molar-refractivity contribution < 1.29 is 13.9 Å². The molecule has 0 amide bonds. The summed E-state index contributed by atoms with van der Waals surface area (Å²) >= 11 is 0. The van der Waals surface area contributed by atoms with Crippen molar-refractivity contribution in [1.29, 1.82) is 0 Å². The van der Waals surface area contributed by atoms with Crippen molar-refractivity contribution in [2.24, 2.45) is 5.92 Å². The zero-order valence-corrected chi connectivity index (χ0v) is 12.2. The molecule has 0 radical (unpaired) electrons. The topological polar surface area (TPSA) is 26.3 Å². The predicted octanol–water partition coefficient (Wildman–Crippen LogP) is 3.91. The van der Waals surface area contributed by atoms with Crippen LogP contribution < -0.4 is 0 Å². The van der Waals surface area contributed by atoms with Crippen molar-refractivity contribution in [2.45, 2.75) is 52.2 Å². The number of carbonyl (C=O) groups is 1. The smallest absolute Gasteiger partial charge is 0.169 e. The third-order valence-electron chi connectivity index (χ3n) is 3.86. The first-order chi connectivity index (χ1) is 8.62. The fourth-order valence-electron chi connectivity index (χ4n) is 3.02. The van der Waals surface area contributed by atoms with Crippen LogP contribution in [-0.4, -0.2) is 17.0 Å². The van der Waals surface area contributed by atoms with E-state index >= 15 is 0 Å². The van der Waals surface area contributed by atoms with E-state index in [2.05, 4.69) is 0 Å². The van der Waals surface area contributed by atoms with Crippen LogP contribution in [0.2, 0.25) is 0 Å². The van der Waals surface area contributed by atoms with E-state index in [4.69, 9.17) is 4.74 Å². The van der Waals surface area contributed by atoms with Crippen molar-refractivity contribution in [2.75, 3.05) is 0 Å². The molecule has 0 spiro atoms. The summed E-state index contributed by atoms with van der Waals surface area (Å²) in [6, 6.07) is 4.36. The number of ether oxygens (including phenoxy) is 1. The molecule has 0 N–H and O–H groups in total. The van der Waals surface area contributed by atoms with Crippen LogP contribution in [-0.2, 0) is 4.74 Å². The van der Waals surface area contributed by atoms with E-state index in [1.54, 1.807) is 6.07 Å². The lowest BCUT2D eigenvalue weighted by atomic mass is 9.81. The number of hydrogen-bond acceptors (Lipinski definition) is 2. The van der Waals surface area contributed by atoms with Gasteiger partial charge in [-0.05, 0) is 58.7 Å². The van der Waals surface area contributed by atoms with Gasteiger partial charge in [0.25, 0.3) is 0 Å². The molecule has 0 aromatic heterocycles. The van der Waals surface area contributed by atoms with E-state index in [-0.39, 0.29) is 23.1 Å². The molecule has 0 saturated carbocycles. The fourth-order valence-corrected chi connectivity index (χ4v) is 3.02. The number of aryl methyl sites for hydroxylation is 1. The largest absolute Gasteiger partial charge is 0.369 e. The van der Waals surface area contributed by atoms with Gasteiger partial charge in [0.15, 0.2) is 5.78 Å². The first-order valence-electron chi connectivity index (χ1n) is 6.63. The van der Waals surface area contributed by atoms with Gasteiger partial charge in [-0.15, -0.1) is 0 Å². The normalized spacial score (nSPS) is 24.4. The minimum atomic E-state index is -0.515. The molecule has 104 valence electrons. The van der Waals surface area contributed by atoms with Crippen molar-refractivity contribution >= 4 is 5.78 Å². The Labute approximate surface area is 114 Å². The zero-order chi connectivity index (χ0) is 14.4. The van der Waals surface area contributed by atoms with Crippen LogP contribution in [0.5, 0.6) is 0 Å². The van der Waals surface area contributed by atoms with Crippen molar-refractivity contribution in [3.8, 4) is 0 Å². The summed E-state index contributed by atoms with van der Waals surface area (Å²) in [5, 5.41) is 0. The minimum absolute atomic E-state index is 0.0208. The van der Waals surface area contributed by atoms with Crippen LogP contribution in [0.15, 0.2) is 18.2 Å². The molecule has 1 saturated heterocycles. The summed E-state index contributed by atoms with van der Waals surface area (Å²) in [6.45, 7) is 9.67. The molecule has 1 aliphatic heterocycles. The molecule has 0 bridgehead atoms. The van der Waals surface area contributed by atoms with Gasteiger partial charge in [0.2, 0.25) is 0 Å². The van der Waals surface area contributed by atoms with Crippen molar-refractivity contribution in [1.82, 2.24) is 0 Å². The third kappa shape index (κ3) is 2.71. The van der Waals surface area contributed by atoms with Gasteiger partial charge < -0.3 is 4.74 Å². The van der Waals surface area contributed by atoms with Crippen LogP contribution in [0.4, 0.5) is 4.39 Å². The van der Waals surface area contributed by atoms with Crippen LogP contribution in [0.1, 0.15) is 50.0 Å². The molecular weight excluding hydrogens is 243 g/mol. The maximum atomic E-state index is 13.4. The van der Waals surface area contributed by atoms with Gasteiger partial charge in [-0.2, -0.15) is 0 Å². The van der Waals surface area contributed by atoms with E-state index in [9.17, 15) is 9.18 Å². The Morgan fingerprint density at radius 1 is 1.32 bits per heavy atom. The number of benzene rings is 1. The van der Waals surface area contributed by atoms with E-state index < -0.39 is 5.60 Å². The first-order valence-corrected chi connectivity index (χ1v) is 6.63. The van der Waals surface area contributed by atoms with Crippen LogP contribution in [0.25, 0.3) is 0 Å². The summed E-state index contributed by atoms with van der Waals surface area (Å²) in [4.78, 5) is 12.7. The molecule has 3 heteroatoms. The summed E-state index contributed by atoms with van der Waals surface area (Å²) < 4.78 is 19.3. The fraction of sp³-hybridized carbons (Fsp3) is 0.562. The Morgan fingerprint density at radius 3 is 2.47 bits per heavy atom. The maximum Gasteiger partial charge on any atom is 0.169 e. The molecule has 1 aromatic rings. The first kappa shape index (κ1) is 14.2. The summed E-state index contributed by atoms with van der Waals surface area (Å²) in [5.41, 5.74) is 0.455. The molecule has 2 nitrogen and oxygen atoms in total. The Kier molecular flexibility index (Phi) is 3.29. The Bertz CT molecular complexity index is 517. The van der Waals surface area contributed by atoms with E-state index in [0.717, 1.165) is 5.56 Å². The van der Waals surface area contributed by atoms with E-state index in [1.807, 2.05) is 34.6 Å². The molecule has 1 heterocycles. The quantitative estimate of drug-likeness (QED) is 0.757. The molecule has 1 aromatic carbocycles. The zero-order valence-electron chi connectivity index (χ0n) is 12.2. The molecule has 0 aliphatic carbocycles. The Hall–Kier alpha value is -1.22. The summed E-state index contributed by atoms with van der Waals surface area (Å²) in [5.74, 6) is -0.625. The van der Waals surface area contributed by atoms with Crippen LogP contribution >= 0.6 is 0 Å². The molecule has 1 unspecified atom stereocenters. The SMILES string of the molecule is Cc1ccc(F)cc1C(=O)C1CC(C)(C)OC1(C)C. The standard InChI is InChI=1S/C16H21FO2/c1-10-6-7-11(17)8-12(10)14(18)13-9-15(2,3)19-16(13,4)5/h6-8,13H,9H2,1-5H3. The Balaban J connectivity index is 2.37. The Morgan fingerprint density at radius 2 is 1.95 bits per heavy atom. The van der Waals surface area contributed by atoms with Gasteiger partial charge in [0.05, 0.1) is 17.1 Å². The lowest BCUT2D eigenvalue weighted by Gasteiger charge is -2.26. The molecule has 19 heavy (non-hydrogen) atoms. The molecular formula is C16H21FO2. The second-order valence-corrected chi connectivity index (χ2v) is 6.55. The van der Waals surface area contributed by atoms with Crippen LogP contribution in [0.3, 0.4) is 0 Å². The van der Waals surface area contributed by atoms with Gasteiger partial charge in [0.1, 0.15) is 5.82 Å². The minimum Gasteiger partial charge on any atom is -0.369 e. The molecule has 1 fully saturated rings. The van der Waals surface area contributed by atoms with Crippen LogP contribution in [0, 0.1) is 18.7 Å². The number of Topliss-reactive ketones (excluding diaryl/α,β-unsaturated/α-hetero) is 1. The average molecular weight is 264 g/mol. The number of hydrogen-bond donors (Lipinski definition) is 0. The molecule has 1 aliphatic rings. The highest BCUT2D eigenvalue weighted by molar-refractivity contribution is 6.00. The predicted molar refractivity (Wildman–Crippen MR) is 72.8 cm³/mol. The van der Waals surface area contributed by atoms with Crippen molar-refractivity contribution in [3.63, 3.8) is 0 Å². The number of carbonyl (C=O) groups excluding carboxylic acids is 1. The van der Waals surface area contributed by atoms with Gasteiger partial charge in [0, 0.05) is 5.56 Å². The van der Waals surface area contributed by atoms with Gasteiger partial charge in [-0.1, -0.05) is 6.07 Å². The number of halogens is 1. The second kappa shape index (κ2) is 4.41. The summed E-state index contributed by atoms with van der Waals surface area (Å²) in [6.07, 6.45) is 0.661. The van der Waals surface area contributed by atoms with Gasteiger partial charge in [-0.3, -0.25) is 4.79 Å². The number of rotatable bonds is 2. The molecule has 1 atom stereocenters. The average Bonchev–Trinajstić information content (AvgIpc) is 2.49. The van der Waals surface area contributed by atoms with E-state index in [1.165, 1.54) is 12.1 Å². The summed E-state index contributed by atoms with van der Waals surface area (Å²) in [7, 11) is 0. The van der Waals surface area contributed by atoms with E-state index in [0.29, 0.717) is 12.0 Å². The third-order valence-corrected chi connectivity index (χ3v) is 3.86. The van der Waals surface area contributed by atoms with Gasteiger partial charge in [-0.25, -0.2) is 4.39 Å². The lowest BCUT2D eigenvalue weighted by Crippen LogP contribution is -2.34. The maximum absolute atomic E-state index is 13.4. The van der Waals surface area contributed by atoms with Crippen molar-refractivity contribution in [3.05, 3.63) is 35.1 Å². The number of ketones is 1. The highest BCUT2D eigenvalue weighted by Gasteiger charge is 2.49. The van der Waals surface area contributed by atoms with Gasteiger partial charge >= 0.3 is 0 Å². The highest BCUT2D eigenvalue weighted by atomic mass is 19.1. The monoisotopic (exact) mass is 264 g/mol.